The van der Waals surface area contributed by atoms with Crippen LogP contribution >= 0.6 is 11.8 Å². The molecule has 23 heavy (non-hydrogen) atoms. The summed E-state index contributed by atoms with van der Waals surface area (Å²) in [5.41, 5.74) is -0.431. The highest BCUT2D eigenvalue weighted by Crippen LogP contribution is 2.25. The maximum Gasteiger partial charge on any atom is 0.239 e. The van der Waals surface area contributed by atoms with Crippen molar-refractivity contribution in [3.05, 3.63) is 11.9 Å². The fourth-order valence-electron chi connectivity index (χ4n) is 2.92. The van der Waals surface area contributed by atoms with Crippen molar-refractivity contribution < 1.29 is 9.90 Å². The second-order valence-electron chi connectivity index (χ2n) is 6.86. The summed E-state index contributed by atoms with van der Waals surface area (Å²) < 4.78 is 1.76. The van der Waals surface area contributed by atoms with Gasteiger partial charge in [0.05, 0.1) is 18.3 Å². The number of hydrogen-bond acceptors (Lipinski definition) is 6. The van der Waals surface area contributed by atoms with Crippen LogP contribution in [0.5, 0.6) is 0 Å². The van der Waals surface area contributed by atoms with Crippen LogP contribution < -0.4 is 0 Å². The topological polar surface area (TPSA) is 74.5 Å². The maximum atomic E-state index is 12.6. The molecule has 128 valence electrons. The number of rotatable bonds is 4. The Hall–Kier alpha value is -1.12. The molecule has 1 aromatic rings. The molecule has 0 spiro atoms. The molecule has 1 unspecified atom stereocenters. The van der Waals surface area contributed by atoms with Crippen molar-refractivity contribution in [3.8, 4) is 0 Å². The highest BCUT2D eigenvalue weighted by atomic mass is 32.2. The van der Waals surface area contributed by atoms with Gasteiger partial charge in [-0.25, -0.2) is 4.68 Å². The van der Waals surface area contributed by atoms with Gasteiger partial charge in [-0.3, -0.25) is 9.69 Å². The van der Waals surface area contributed by atoms with Gasteiger partial charge in [0.1, 0.15) is 11.3 Å². The van der Waals surface area contributed by atoms with Gasteiger partial charge in [0.2, 0.25) is 5.91 Å². The normalized spacial score (nSPS) is 22.0. The van der Waals surface area contributed by atoms with E-state index in [0.717, 1.165) is 24.6 Å². The van der Waals surface area contributed by atoms with E-state index in [2.05, 4.69) is 15.2 Å². The SMILES string of the molecule is CC(C(=O)N1CC(n2cc(C(C)(C)O)nn2)C1)N1CCSCC1. The molecule has 1 N–H and O–H groups in total. The van der Waals surface area contributed by atoms with E-state index in [4.69, 9.17) is 0 Å². The number of aromatic nitrogens is 3. The number of aliphatic hydroxyl groups is 1. The van der Waals surface area contributed by atoms with Gasteiger partial charge >= 0.3 is 0 Å². The van der Waals surface area contributed by atoms with E-state index in [1.54, 1.807) is 24.7 Å². The molecule has 1 aromatic heterocycles. The highest BCUT2D eigenvalue weighted by Gasteiger charge is 2.37. The first kappa shape index (κ1) is 16.7. The molecule has 7 nitrogen and oxygen atoms in total. The quantitative estimate of drug-likeness (QED) is 0.852. The molecular formula is C15H25N5O2S. The van der Waals surface area contributed by atoms with Crippen molar-refractivity contribution in [2.75, 3.05) is 37.7 Å². The monoisotopic (exact) mass is 339 g/mol. The summed E-state index contributed by atoms with van der Waals surface area (Å²) in [6.45, 7) is 8.71. The zero-order valence-corrected chi connectivity index (χ0v) is 14.8. The van der Waals surface area contributed by atoms with Gasteiger partial charge in [0, 0.05) is 37.7 Å². The molecule has 1 amide bonds. The van der Waals surface area contributed by atoms with Crippen LogP contribution in [0, 0.1) is 0 Å². The Labute approximate surface area is 141 Å². The van der Waals surface area contributed by atoms with Crippen molar-refractivity contribution in [1.82, 2.24) is 24.8 Å². The molecule has 0 aromatic carbocycles. The minimum Gasteiger partial charge on any atom is -0.384 e. The molecule has 0 radical (unpaired) electrons. The van der Waals surface area contributed by atoms with Gasteiger partial charge in [-0.2, -0.15) is 11.8 Å². The van der Waals surface area contributed by atoms with E-state index in [1.165, 1.54) is 0 Å². The lowest BCUT2D eigenvalue weighted by molar-refractivity contribution is -0.142. The standard InChI is InChI=1S/C15H25N5O2S/c1-11(18-4-6-23-7-5-18)14(21)19-8-12(9-19)20-10-13(16-17-20)15(2,3)22/h10-12,22H,4-9H2,1-3H3. The number of hydrogen-bond donors (Lipinski definition) is 1. The molecular weight excluding hydrogens is 314 g/mol. The minimum atomic E-state index is -0.988. The van der Waals surface area contributed by atoms with E-state index >= 15 is 0 Å². The van der Waals surface area contributed by atoms with E-state index < -0.39 is 5.60 Å². The lowest BCUT2D eigenvalue weighted by Gasteiger charge is -2.42. The van der Waals surface area contributed by atoms with E-state index in [0.29, 0.717) is 18.8 Å². The van der Waals surface area contributed by atoms with Crippen LogP contribution in [0.1, 0.15) is 32.5 Å². The van der Waals surface area contributed by atoms with Crippen LogP contribution in [0.2, 0.25) is 0 Å². The van der Waals surface area contributed by atoms with Gasteiger partial charge in [0.15, 0.2) is 0 Å². The Morgan fingerprint density at radius 3 is 2.61 bits per heavy atom. The fourth-order valence-corrected chi connectivity index (χ4v) is 3.85. The first-order valence-corrected chi connectivity index (χ1v) is 9.27. The zero-order valence-electron chi connectivity index (χ0n) is 14.0. The summed E-state index contributed by atoms with van der Waals surface area (Å²) in [5, 5.41) is 18.1. The molecule has 8 heteroatoms. The lowest BCUT2D eigenvalue weighted by atomic mass is 10.1. The zero-order chi connectivity index (χ0) is 16.6. The van der Waals surface area contributed by atoms with E-state index in [1.807, 2.05) is 23.6 Å². The van der Waals surface area contributed by atoms with Gasteiger partial charge in [0.25, 0.3) is 0 Å². The molecule has 3 rings (SSSR count). The Kier molecular flexibility index (Phi) is 4.66. The number of carbonyl (C=O) groups excluding carboxylic acids is 1. The third-order valence-electron chi connectivity index (χ3n) is 4.64. The van der Waals surface area contributed by atoms with Crippen molar-refractivity contribution in [3.63, 3.8) is 0 Å². The number of carbonyl (C=O) groups is 1. The second-order valence-corrected chi connectivity index (χ2v) is 8.09. The van der Waals surface area contributed by atoms with Crippen LogP contribution in [0.3, 0.4) is 0 Å². The van der Waals surface area contributed by atoms with Crippen LogP contribution in [0.4, 0.5) is 0 Å². The van der Waals surface area contributed by atoms with Gasteiger partial charge in [-0.1, -0.05) is 5.21 Å². The molecule has 0 saturated carbocycles. The Balaban J connectivity index is 1.54. The summed E-state index contributed by atoms with van der Waals surface area (Å²) in [6, 6.07) is 0.117. The Morgan fingerprint density at radius 2 is 2.04 bits per heavy atom. The third kappa shape index (κ3) is 3.54. The van der Waals surface area contributed by atoms with Crippen LogP contribution in [-0.2, 0) is 10.4 Å². The van der Waals surface area contributed by atoms with E-state index in [-0.39, 0.29) is 18.0 Å². The molecule has 3 heterocycles. The first-order valence-electron chi connectivity index (χ1n) is 8.11. The average molecular weight is 339 g/mol. The highest BCUT2D eigenvalue weighted by molar-refractivity contribution is 7.99. The molecule has 0 aliphatic carbocycles. The Bertz CT molecular complexity index is 558. The number of thioether (sulfide) groups is 1. The van der Waals surface area contributed by atoms with Crippen molar-refractivity contribution in [2.45, 2.75) is 38.5 Å². The smallest absolute Gasteiger partial charge is 0.239 e. The summed E-state index contributed by atoms with van der Waals surface area (Å²) in [4.78, 5) is 16.7. The first-order chi connectivity index (χ1) is 10.9. The van der Waals surface area contributed by atoms with Crippen LogP contribution in [0.15, 0.2) is 6.20 Å². The molecule has 2 aliphatic heterocycles. The summed E-state index contributed by atoms with van der Waals surface area (Å²) in [5.74, 6) is 2.42. The second kappa shape index (κ2) is 6.41. The third-order valence-corrected chi connectivity index (χ3v) is 5.58. The largest absolute Gasteiger partial charge is 0.384 e. The van der Waals surface area contributed by atoms with Crippen molar-refractivity contribution >= 4 is 17.7 Å². The molecule has 1 atom stereocenters. The molecule has 2 fully saturated rings. The summed E-state index contributed by atoms with van der Waals surface area (Å²) >= 11 is 1.95. The fraction of sp³-hybridized carbons (Fsp3) is 0.800. The van der Waals surface area contributed by atoms with Crippen molar-refractivity contribution in [2.24, 2.45) is 0 Å². The molecule has 2 saturated heterocycles. The number of amides is 1. The van der Waals surface area contributed by atoms with Gasteiger partial charge in [-0.05, 0) is 20.8 Å². The minimum absolute atomic E-state index is 0.0421. The van der Waals surface area contributed by atoms with Gasteiger partial charge < -0.3 is 10.0 Å². The van der Waals surface area contributed by atoms with Gasteiger partial charge in [-0.15, -0.1) is 5.10 Å². The predicted octanol–water partition coefficient (Wildman–Crippen LogP) is 0.326. The van der Waals surface area contributed by atoms with E-state index in [9.17, 15) is 9.90 Å². The molecule has 0 bridgehead atoms. The maximum absolute atomic E-state index is 12.6. The lowest BCUT2D eigenvalue weighted by Crippen LogP contribution is -2.57. The number of nitrogens with zero attached hydrogens (tertiary/aromatic N) is 5. The summed E-state index contributed by atoms with van der Waals surface area (Å²) in [6.07, 6.45) is 1.78. The van der Waals surface area contributed by atoms with Crippen LogP contribution in [0.25, 0.3) is 0 Å². The van der Waals surface area contributed by atoms with Crippen LogP contribution in [-0.4, -0.2) is 79.5 Å². The number of likely N-dealkylation sites (tertiary alicyclic amines) is 1. The Morgan fingerprint density at radius 1 is 1.39 bits per heavy atom. The predicted molar refractivity (Wildman–Crippen MR) is 89.2 cm³/mol. The van der Waals surface area contributed by atoms with Crippen molar-refractivity contribution in [1.29, 1.82) is 0 Å². The average Bonchev–Trinajstić information content (AvgIpc) is 2.95. The summed E-state index contributed by atoms with van der Waals surface area (Å²) in [7, 11) is 0. The molecule has 2 aliphatic rings.